The molecule has 88 valence electrons. The second kappa shape index (κ2) is 5.47. The lowest BCUT2D eigenvalue weighted by Gasteiger charge is -2.29. The summed E-state index contributed by atoms with van der Waals surface area (Å²) in [6.45, 7) is 3.64. The Morgan fingerprint density at radius 3 is 2.53 bits per heavy atom. The van der Waals surface area contributed by atoms with Gasteiger partial charge in [-0.2, -0.15) is 0 Å². The smallest absolute Gasteiger partial charge is 0.224 e. The van der Waals surface area contributed by atoms with Crippen molar-refractivity contribution in [3.05, 3.63) is 0 Å². The molecule has 1 saturated carbocycles. The summed E-state index contributed by atoms with van der Waals surface area (Å²) in [6, 6.07) is -0.224. The molecule has 0 aliphatic heterocycles. The molecule has 0 aromatic carbocycles. The van der Waals surface area contributed by atoms with Crippen LogP contribution in [0.1, 0.15) is 39.5 Å². The van der Waals surface area contributed by atoms with E-state index < -0.39 is 0 Å². The fourth-order valence-electron chi connectivity index (χ4n) is 1.83. The van der Waals surface area contributed by atoms with Crippen LogP contribution < -0.4 is 11.1 Å². The van der Waals surface area contributed by atoms with E-state index in [1.807, 2.05) is 13.8 Å². The maximum Gasteiger partial charge on any atom is 0.224 e. The van der Waals surface area contributed by atoms with Crippen LogP contribution in [0.2, 0.25) is 0 Å². The molecule has 4 nitrogen and oxygen atoms in total. The quantitative estimate of drug-likeness (QED) is 0.636. The molecule has 1 amide bonds. The van der Waals surface area contributed by atoms with E-state index in [1.165, 1.54) is 0 Å². The molecule has 1 fully saturated rings. The third-order valence-electron chi connectivity index (χ3n) is 3.26. The molecule has 15 heavy (non-hydrogen) atoms. The van der Waals surface area contributed by atoms with E-state index >= 15 is 0 Å². The Balaban J connectivity index is 2.42. The maximum atomic E-state index is 11.7. The Bertz CT molecular complexity index is 219. The zero-order chi connectivity index (χ0) is 11.4. The number of rotatable bonds is 3. The number of nitrogens with two attached hydrogens (primary N) is 1. The number of aliphatic hydroxyl groups excluding tert-OH is 1. The zero-order valence-corrected chi connectivity index (χ0v) is 9.57. The van der Waals surface area contributed by atoms with Crippen molar-refractivity contribution in [3.63, 3.8) is 0 Å². The van der Waals surface area contributed by atoms with Crippen molar-refractivity contribution >= 4 is 5.91 Å². The van der Waals surface area contributed by atoms with E-state index in [-0.39, 0.29) is 30.0 Å². The number of carbonyl (C=O) groups excluding carboxylic acids is 1. The number of aliphatic hydroxyl groups is 1. The van der Waals surface area contributed by atoms with Crippen molar-refractivity contribution in [3.8, 4) is 0 Å². The summed E-state index contributed by atoms with van der Waals surface area (Å²) in [5.74, 6) is -0.241. The topological polar surface area (TPSA) is 75.4 Å². The minimum Gasteiger partial charge on any atom is -0.391 e. The lowest BCUT2D eigenvalue weighted by molar-refractivity contribution is -0.126. The van der Waals surface area contributed by atoms with Crippen molar-refractivity contribution in [2.24, 2.45) is 11.7 Å². The van der Waals surface area contributed by atoms with E-state index in [0.29, 0.717) is 0 Å². The van der Waals surface area contributed by atoms with Crippen LogP contribution >= 0.6 is 0 Å². The lowest BCUT2D eigenvalue weighted by atomic mass is 9.92. The van der Waals surface area contributed by atoms with Gasteiger partial charge in [-0.3, -0.25) is 4.79 Å². The van der Waals surface area contributed by atoms with E-state index in [0.717, 1.165) is 25.7 Å². The van der Waals surface area contributed by atoms with E-state index in [2.05, 4.69) is 5.32 Å². The van der Waals surface area contributed by atoms with Crippen molar-refractivity contribution in [2.75, 3.05) is 0 Å². The average molecular weight is 214 g/mol. The molecule has 0 aromatic heterocycles. The van der Waals surface area contributed by atoms with Crippen LogP contribution in [0.5, 0.6) is 0 Å². The fraction of sp³-hybridized carbons (Fsp3) is 0.909. The first-order valence-electron chi connectivity index (χ1n) is 5.76. The largest absolute Gasteiger partial charge is 0.391 e. The van der Waals surface area contributed by atoms with Crippen molar-refractivity contribution in [2.45, 2.75) is 57.7 Å². The molecule has 0 heterocycles. The number of amides is 1. The summed E-state index contributed by atoms with van der Waals surface area (Å²) in [6.07, 6.45) is 3.41. The summed E-state index contributed by atoms with van der Waals surface area (Å²) < 4.78 is 0. The highest BCUT2D eigenvalue weighted by Crippen LogP contribution is 2.18. The lowest BCUT2D eigenvalue weighted by Crippen LogP contribution is -2.49. The highest BCUT2D eigenvalue weighted by molar-refractivity contribution is 5.79. The van der Waals surface area contributed by atoms with Gasteiger partial charge in [-0.25, -0.2) is 0 Å². The van der Waals surface area contributed by atoms with Gasteiger partial charge < -0.3 is 16.2 Å². The van der Waals surface area contributed by atoms with Gasteiger partial charge in [0.05, 0.1) is 12.1 Å². The van der Waals surface area contributed by atoms with Crippen molar-refractivity contribution in [1.82, 2.24) is 5.32 Å². The molecule has 0 radical (unpaired) electrons. The van der Waals surface area contributed by atoms with Crippen molar-refractivity contribution < 1.29 is 9.90 Å². The predicted molar refractivity (Wildman–Crippen MR) is 59.2 cm³/mol. The third kappa shape index (κ3) is 3.47. The summed E-state index contributed by atoms with van der Waals surface area (Å²) >= 11 is 0. The summed E-state index contributed by atoms with van der Waals surface area (Å²) in [4.78, 5) is 11.7. The zero-order valence-electron chi connectivity index (χ0n) is 9.57. The van der Waals surface area contributed by atoms with Gasteiger partial charge in [0, 0.05) is 12.0 Å². The number of carbonyl (C=O) groups is 1. The van der Waals surface area contributed by atoms with Crippen LogP contribution in [0.25, 0.3) is 0 Å². The molecule has 4 N–H and O–H groups in total. The maximum absolute atomic E-state index is 11.7. The van der Waals surface area contributed by atoms with Gasteiger partial charge in [-0.1, -0.05) is 19.8 Å². The number of hydrogen-bond donors (Lipinski definition) is 3. The van der Waals surface area contributed by atoms with Gasteiger partial charge in [0.25, 0.3) is 0 Å². The van der Waals surface area contributed by atoms with Crippen LogP contribution in [0.15, 0.2) is 0 Å². The molecule has 1 rings (SSSR count). The molecular formula is C11H22N2O2. The minimum atomic E-state index is -0.386. The first-order chi connectivity index (χ1) is 7.02. The molecule has 4 atom stereocenters. The molecule has 0 spiro atoms. The van der Waals surface area contributed by atoms with Gasteiger partial charge in [0.2, 0.25) is 5.91 Å². The third-order valence-corrected chi connectivity index (χ3v) is 3.26. The average Bonchev–Trinajstić information content (AvgIpc) is 2.20. The summed E-state index contributed by atoms with van der Waals surface area (Å²) in [7, 11) is 0. The van der Waals surface area contributed by atoms with Gasteiger partial charge in [0.15, 0.2) is 0 Å². The Hall–Kier alpha value is -0.610. The van der Waals surface area contributed by atoms with E-state index in [1.54, 1.807) is 0 Å². The molecule has 0 bridgehead atoms. The standard InChI is InChI=1S/C11H22N2O2/c1-7(8(2)12)11(15)13-9-5-3-4-6-10(9)14/h7-10,14H,3-6,12H2,1-2H3,(H,13,15)/t7?,8?,9-,10-/m1/s1. The molecule has 4 heteroatoms. The second-order valence-corrected chi connectivity index (χ2v) is 4.61. The van der Waals surface area contributed by atoms with Gasteiger partial charge in [0.1, 0.15) is 0 Å². The Morgan fingerprint density at radius 2 is 2.00 bits per heavy atom. The van der Waals surface area contributed by atoms with E-state index in [4.69, 9.17) is 5.73 Å². The van der Waals surface area contributed by atoms with Gasteiger partial charge in [-0.15, -0.1) is 0 Å². The Kier molecular flexibility index (Phi) is 4.54. The van der Waals surface area contributed by atoms with Crippen LogP contribution in [0, 0.1) is 5.92 Å². The summed E-state index contributed by atoms with van der Waals surface area (Å²) in [5.41, 5.74) is 5.65. The normalized spacial score (nSPS) is 30.7. The Morgan fingerprint density at radius 1 is 1.40 bits per heavy atom. The van der Waals surface area contributed by atoms with Gasteiger partial charge >= 0.3 is 0 Å². The van der Waals surface area contributed by atoms with Crippen LogP contribution in [-0.2, 0) is 4.79 Å². The fourth-order valence-corrected chi connectivity index (χ4v) is 1.83. The molecule has 0 saturated heterocycles. The van der Waals surface area contributed by atoms with Crippen LogP contribution in [-0.4, -0.2) is 29.2 Å². The van der Waals surface area contributed by atoms with Crippen LogP contribution in [0.4, 0.5) is 0 Å². The van der Waals surface area contributed by atoms with Crippen molar-refractivity contribution in [1.29, 1.82) is 0 Å². The van der Waals surface area contributed by atoms with Crippen LogP contribution in [0.3, 0.4) is 0 Å². The molecule has 1 aliphatic rings. The summed E-state index contributed by atoms with van der Waals surface area (Å²) in [5, 5.41) is 12.6. The molecule has 1 aliphatic carbocycles. The monoisotopic (exact) mass is 214 g/mol. The number of hydrogen-bond acceptors (Lipinski definition) is 3. The minimum absolute atomic E-state index is 0.0454. The first kappa shape index (κ1) is 12.5. The first-order valence-corrected chi connectivity index (χ1v) is 5.76. The molecule has 0 aromatic rings. The number of nitrogens with one attached hydrogen (secondary N) is 1. The highest BCUT2D eigenvalue weighted by atomic mass is 16.3. The van der Waals surface area contributed by atoms with Gasteiger partial charge in [-0.05, 0) is 19.8 Å². The Labute approximate surface area is 91.2 Å². The van der Waals surface area contributed by atoms with E-state index in [9.17, 15) is 9.90 Å². The highest BCUT2D eigenvalue weighted by Gasteiger charge is 2.26. The second-order valence-electron chi connectivity index (χ2n) is 4.61. The SMILES string of the molecule is CC(N)C(C)C(=O)N[C@@H]1CCCC[C@H]1O. The predicted octanol–water partition coefficient (Wildman–Crippen LogP) is 0.389. The molecule has 2 unspecified atom stereocenters. The molecular weight excluding hydrogens is 192 g/mol.